The van der Waals surface area contributed by atoms with E-state index in [0.29, 0.717) is 15.1 Å². The Morgan fingerprint density at radius 3 is 2.43 bits per heavy atom. The Bertz CT molecular complexity index is 913. The van der Waals surface area contributed by atoms with Crippen molar-refractivity contribution in [2.75, 3.05) is 0 Å². The fraction of sp³-hybridized carbons (Fsp3) is 0.391. The first kappa shape index (κ1) is 22.9. The second-order valence-electron chi connectivity index (χ2n) is 7.73. The Balaban J connectivity index is 1.80. The molecular formula is C23H25Cl3N2O2. The molecule has 0 bridgehead atoms. The van der Waals surface area contributed by atoms with Crippen LogP contribution in [0.1, 0.15) is 43.7 Å². The standard InChI is InChI=1S/C23H25Cl3N2O2/c1-15(23(30)27-20-7-2-3-8-20)28(14-17-9-10-19(25)13-21(17)26)22(29)12-16-5-4-6-18(24)11-16/h4-6,9-11,13,15,20H,2-3,7-8,12,14H2,1H3,(H,27,30)/t15-/m1/s1. The molecule has 0 aliphatic heterocycles. The van der Waals surface area contributed by atoms with Crippen LogP contribution < -0.4 is 5.32 Å². The van der Waals surface area contributed by atoms with Crippen molar-refractivity contribution in [2.45, 2.75) is 57.7 Å². The third-order valence-corrected chi connectivity index (χ3v) is 6.29. The number of hydrogen-bond acceptors (Lipinski definition) is 2. The van der Waals surface area contributed by atoms with Crippen LogP contribution in [0.4, 0.5) is 0 Å². The van der Waals surface area contributed by atoms with E-state index in [1.54, 1.807) is 42.2 Å². The number of nitrogens with zero attached hydrogens (tertiary/aromatic N) is 1. The van der Waals surface area contributed by atoms with Gasteiger partial charge in [0.1, 0.15) is 6.04 Å². The molecule has 1 aliphatic rings. The summed E-state index contributed by atoms with van der Waals surface area (Å²) >= 11 is 18.4. The summed E-state index contributed by atoms with van der Waals surface area (Å²) in [5.41, 5.74) is 1.53. The van der Waals surface area contributed by atoms with Crippen molar-refractivity contribution in [2.24, 2.45) is 0 Å². The molecule has 1 saturated carbocycles. The fourth-order valence-electron chi connectivity index (χ4n) is 3.73. The quantitative estimate of drug-likeness (QED) is 0.571. The van der Waals surface area contributed by atoms with Gasteiger partial charge in [-0.05, 0) is 55.2 Å². The predicted molar refractivity (Wildman–Crippen MR) is 122 cm³/mol. The third kappa shape index (κ3) is 6.13. The summed E-state index contributed by atoms with van der Waals surface area (Å²) in [4.78, 5) is 27.7. The van der Waals surface area contributed by atoms with Crippen molar-refractivity contribution in [1.29, 1.82) is 0 Å². The summed E-state index contributed by atoms with van der Waals surface area (Å²) in [6.07, 6.45) is 4.36. The molecule has 0 spiro atoms. The Morgan fingerprint density at radius 2 is 1.77 bits per heavy atom. The zero-order valence-corrected chi connectivity index (χ0v) is 19.1. The van der Waals surface area contributed by atoms with E-state index in [4.69, 9.17) is 34.8 Å². The van der Waals surface area contributed by atoms with Gasteiger partial charge in [0, 0.05) is 27.7 Å². The number of rotatable bonds is 7. The molecule has 4 nitrogen and oxygen atoms in total. The average molecular weight is 468 g/mol. The zero-order chi connectivity index (χ0) is 21.7. The van der Waals surface area contributed by atoms with Gasteiger partial charge in [-0.3, -0.25) is 9.59 Å². The second-order valence-corrected chi connectivity index (χ2v) is 9.01. The number of nitrogens with one attached hydrogen (secondary N) is 1. The maximum atomic E-state index is 13.2. The van der Waals surface area contributed by atoms with Crippen LogP contribution in [0.25, 0.3) is 0 Å². The lowest BCUT2D eigenvalue weighted by Crippen LogP contribution is -2.50. The van der Waals surface area contributed by atoms with Crippen molar-refractivity contribution in [3.8, 4) is 0 Å². The van der Waals surface area contributed by atoms with Crippen LogP contribution in [0.15, 0.2) is 42.5 Å². The van der Waals surface area contributed by atoms with Crippen molar-refractivity contribution in [3.63, 3.8) is 0 Å². The highest BCUT2D eigenvalue weighted by Gasteiger charge is 2.29. The molecule has 1 N–H and O–H groups in total. The molecular weight excluding hydrogens is 443 g/mol. The summed E-state index contributed by atoms with van der Waals surface area (Å²) < 4.78 is 0. The molecule has 0 unspecified atom stereocenters. The lowest BCUT2D eigenvalue weighted by molar-refractivity contribution is -0.140. The van der Waals surface area contributed by atoms with Gasteiger partial charge in [0.15, 0.2) is 0 Å². The molecule has 2 amide bonds. The molecule has 160 valence electrons. The number of carbonyl (C=O) groups is 2. The molecule has 3 rings (SSSR count). The van der Waals surface area contributed by atoms with Gasteiger partial charge in [-0.1, -0.05) is 65.8 Å². The lowest BCUT2D eigenvalue weighted by Gasteiger charge is -2.30. The van der Waals surface area contributed by atoms with Crippen molar-refractivity contribution in [3.05, 3.63) is 68.7 Å². The maximum Gasteiger partial charge on any atom is 0.242 e. The van der Waals surface area contributed by atoms with E-state index in [9.17, 15) is 9.59 Å². The fourth-order valence-corrected chi connectivity index (χ4v) is 4.41. The highest BCUT2D eigenvalue weighted by Crippen LogP contribution is 2.24. The van der Waals surface area contributed by atoms with Gasteiger partial charge in [-0.15, -0.1) is 0 Å². The molecule has 0 heterocycles. The van der Waals surface area contributed by atoms with Crippen LogP contribution in [0.2, 0.25) is 15.1 Å². The Kier molecular flexibility index (Phi) is 8.04. The van der Waals surface area contributed by atoms with Gasteiger partial charge in [0.25, 0.3) is 0 Å². The molecule has 30 heavy (non-hydrogen) atoms. The van der Waals surface area contributed by atoms with Crippen molar-refractivity contribution < 1.29 is 9.59 Å². The van der Waals surface area contributed by atoms with Gasteiger partial charge in [-0.25, -0.2) is 0 Å². The van der Waals surface area contributed by atoms with Crippen LogP contribution in [-0.4, -0.2) is 28.8 Å². The summed E-state index contributed by atoms with van der Waals surface area (Å²) in [5, 5.41) is 4.64. The molecule has 2 aromatic rings. The number of hydrogen-bond donors (Lipinski definition) is 1. The second kappa shape index (κ2) is 10.5. The van der Waals surface area contributed by atoms with E-state index < -0.39 is 6.04 Å². The summed E-state index contributed by atoms with van der Waals surface area (Å²) in [5.74, 6) is -0.316. The molecule has 1 aliphatic carbocycles. The van der Waals surface area contributed by atoms with Crippen LogP contribution in [-0.2, 0) is 22.6 Å². The zero-order valence-electron chi connectivity index (χ0n) is 16.8. The third-order valence-electron chi connectivity index (χ3n) is 5.47. The average Bonchev–Trinajstić information content (AvgIpc) is 3.20. The summed E-state index contributed by atoms with van der Waals surface area (Å²) in [6, 6.07) is 11.9. The SMILES string of the molecule is C[C@H](C(=O)NC1CCCC1)N(Cc1ccc(Cl)cc1Cl)C(=O)Cc1cccc(Cl)c1. The highest BCUT2D eigenvalue weighted by molar-refractivity contribution is 6.35. The molecule has 2 aromatic carbocycles. The van der Waals surface area contributed by atoms with E-state index in [1.165, 1.54) is 0 Å². The molecule has 0 radical (unpaired) electrons. The molecule has 1 fully saturated rings. The molecule has 7 heteroatoms. The largest absolute Gasteiger partial charge is 0.352 e. The first-order chi connectivity index (χ1) is 14.3. The normalized spacial score (nSPS) is 15.1. The lowest BCUT2D eigenvalue weighted by atomic mass is 10.1. The molecule has 0 saturated heterocycles. The van der Waals surface area contributed by atoms with Crippen LogP contribution in [0, 0.1) is 0 Å². The van der Waals surface area contributed by atoms with Gasteiger partial charge in [0.2, 0.25) is 11.8 Å². The topological polar surface area (TPSA) is 49.4 Å². The smallest absolute Gasteiger partial charge is 0.242 e. The minimum absolute atomic E-state index is 0.146. The maximum absolute atomic E-state index is 13.2. The van der Waals surface area contributed by atoms with Crippen molar-refractivity contribution >= 4 is 46.6 Å². The molecule has 1 atom stereocenters. The summed E-state index contributed by atoms with van der Waals surface area (Å²) in [7, 11) is 0. The van der Waals surface area contributed by atoms with Gasteiger partial charge >= 0.3 is 0 Å². The van der Waals surface area contributed by atoms with Gasteiger partial charge in [-0.2, -0.15) is 0 Å². The van der Waals surface area contributed by atoms with Crippen LogP contribution in [0.5, 0.6) is 0 Å². The first-order valence-corrected chi connectivity index (χ1v) is 11.2. The van der Waals surface area contributed by atoms with E-state index in [-0.39, 0.29) is 30.8 Å². The minimum atomic E-state index is -0.635. The van der Waals surface area contributed by atoms with Gasteiger partial charge in [0.05, 0.1) is 6.42 Å². The Labute approximate surface area is 192 Å². The Hall–Kier alpha value is -1.75. The number of benzene rings is 2. The minimum Gasteiger partial charge on any atom is -0.352 e. The van der Waals surface area contributed by atoms with E-state index in [0.717, 1.165) is 36.8 Å². The monoisotopic (exact) mass is 466 g/mol. The number of carbonyl (C=O) groups excluding carboxylic acids is 2. The van der Waals surface area contributed by atoms with E-state index in [1.807, 2.05) is 12.1 Å². The van der Waals surface area contributed by atoms with E-state index in [2.05, 4.69) is 5.32 Å². The van der Waals surface area contributed by atoms with Gasteiger partial charge < -0.3 is 10.2 Å². The van der Waals surface area contributed by atoms with Crippen LogP contribution >= 0.6 is 34.8 Å². The van der Waals surface area contributed by atoms with Crippen LogP contribution in [0.3, 0.4) is 0 Å². The Morgan fingerprint density at radius 1 is 1.07 bits per heavy atom. The highest BCUT2D eigenvalue weighted by atomic mass is 35.5. The predicted octanol–water partition coefficient (Wildman–Crippen LogP) is 5.67. The number of amides is 2. The summed E-state index contributed by atoms with van der Waals surface area (Å²) in [6.45, 7) is 1.97. The van der Waals surface area contributed by atoms with E-state index >= 15 is 0 Å². The number of halogens is 3. The first-order valence-electron chi connectivity index (χ1n) is 10.1. The van der Waals surface area contributed by atoms with Crippen molar-refractivity contribution in [1.82, 2.24) is 10.2 Å². The molecule has 0 aromatic heterocycles.